The molecule has 2 N–H and O–H groups in total. The minimum absolute atomic E-state index is 0.179. The summed E-state index contributed by atoms with van der Waals surface area (Å²) in [5, 5.41) is 5.90. The highest BCUT2D eigenvalue weighted by Crippen LogP contribution is 2.14. The second kappa shape index (κ2) is 6.44. The Morgan fingerprint density at radius 1 is 1.05 bits per heavy atom. The van der Waals surface area contributed by atoms with Gasteiger partial charge in [0.05, 0.1) is 0 Å². The Labute approximate surface area is 126 Å². The summed E-state index contributed by atoms with van der Waals surface area (Å²) < 4.78 is 0. The van der Waals surface area contributed by atoms with Crippen LogP contribution in [0.15, 0.2) is 54.6 Å². The van der Waals surface area contributed by atoms with E-state index in [4.69, 9.17) is 0 Å². The molecule has 2 aromatic carbocycles. The predicted molar refractivity (Wildman–Crippen MR) is 87.6 cm³/mol. The van der Waals surface area contributed by atoms with Crippen molar-refractivity contribution in [3.8, 4) is 0 Å². The molecule has 2 aromatic rings. The highest BCUT2D eigenvalue weighted by Gasteiger charge is 2.20. The Hall–Kier alpha value is -2.29. The molecule has 0 aliphatic carbocycles. The number of nitrogens with one attached hydrogen (secondary N) is 2. The van der Waals surface area contributed by atoms with Gasteiger partial charge in [0.15, 0.2) is 0 Å². The monoisotopic (exact) mass is 282 g/mol. The summed E-state index contributed by atoms with van der Waals surface area (Å²) >= 11 is 0. The first-order chi connectivity index (χ1) is 9.94. The molecule has 21 heavy (non-hydrogen) atoms. The maximum Gasteiger partial charge on any atom is 0.319 e. The zero-order chi connectivity index (χ0) is 15.3. The van der Waals surface area contributed by atoms with Crippen LogP contribution in [0.2, 0.25) is 0 Å². The number of hydrogen-bond acceptors (Lipinski definition) is 1. The highest BCUT2D eigenvalue weighted by atomic mass is 16.2. The molecule has 0 aliphatic rings. The SMILES string of the molecule is Cc1cccc(NC(=O)NC(C)(C)Cc2ccccc2)c1. The Kier molecular flexibility index (Phi) is 4.63. The molecule has 2 amide bonds. The summed E-state index contributed by atoms with van der Waals surface area (Å²) in [4.78, 5) is 12.1. The number of hydrogen-bond donors (Lipinski definition) is 2. The highest BCUT2D eigenvalue weighted by molar-refractivity contribution is 5.89. The molecule has 2 rings (SSSR count). The van der Waals surface area contributed by atoms with Crippen molar-refractivity contribution in [3.05, 3.63) is 65.7 Å². The van der Waals surface area contributed by atoms with E-state index in [2.05, 4.69) is 22.8 Å². The van der Waals surface area contributed by atoms with Gasteiger partial charge < -0.3 is 10.6 Å². The lowest BCUT2D eigenvalue weighted by Gasteiger charge is -2.26. The van der Waals surface area contributed by atoms with Gasteiger partial charge in [0.25, 0.3) is 0 Å². The molecule has 0 fully saturated rings. The van der Waals surface area contributed by atoms with Crippen molar-refractivity contribution in [3.63, 3.8) is 0 Å². The summed E-state index contributed by atoms with van der Waals surface area (Å²) in [5.41, 5.74) is 2.83. The zero-order valence-corrected chi connectivity index (χ0v) is 12.8. The predicted octanol–water partition coefficient (Wildman–Crippen LogP) is 4.14. The summed E-state index contributed by atoms with van der Waals surface area (Å²) in [5.74, 6) is 0. The zero-order valence-electron chi connectivity index (χ0n) is 12.8. The first-order valence-electron chi connectivity index (χ1n) is 7.14. The molecule has 0 aromatic heterocycles. The molecule has 0 saturated carbocycles. The second-order valence-electron chi connectivity index (χ2n) is 5.99. The number of urea groups is 1. The van der Waals surface area contributed by atoms with E-state index < -0.39 is 0 Å². The number of anilines is 1. The topological polar surface area (TPSA) is 41.1 Å². The molecule has 0 heterocycles. The number of rotatable bonds is 4. The molecule has 0 spiro atoms. The van der Waals surface area contributed by atoms with Gasteiger partial charge in [-0.1, -0.05) is 42.5 Å². The minimum Gasteiger partial charge on any atom is -0.333 e. The number of aryl methyl sites for hydroxylation is 1. The molecule has 0 unspecified atom stereocenters. The lowest BCUT2D eigenvalue weighted by Crippen LogP contribution is -2.47. The van der Waals surface area contributed by atoms with E-state index in [1.165, 1.54) is 5.56 Å². The van der Waals surface area contributed by atoms with Crippen LogP contribution >= 0.6 is 0 Å². The Bertz CT molecular complexity index is 606. The van der Waals surface area contributed by atoms with Gasteiger partial charge in [-0.25, -0.2) is 4.79 Å². The lowest BCUT2D eigenvalue weighted by molar-refractivity contribution is 0.241. The average Bonchev–Trinajstić information content (AvgIpc) is 2.38. The fraction of sp³-hybridized carbons (Fsp3) is 0.278. The number of amides is 2. The second-order valence-corrected chi connectivity index (χ2v) is 5.99. The van der Waals surface area contributed by atoms with E-state index in [-0.39, 0.29) is 11.6 Å². The van der Waals surface area contributed by atoms with Crippen molar-refractivity contribution in [1.82, 2.24) is 5.32 Å². The maximum absolute atomic E-state index is 12.1. The normalized spacial score (nSPS) is 11.0. The molecule has 0 bridgehead atoms. The van der Waals surface area contributed by atoms with Gasteiger partial charge in [-0.3, -0.25) is 0 Å². The number of carbonyl (C=O) groups is 1. The van der Waals surface area contributed by atoms with Crippen LogP contribution in [0.5, 0.6) is 0 Å². The van der Waals surface area contributed by atoms with Crippen molar-refractivity contribution in [2.24, 2.45) is 0 Å². The molecule has 0 aliphatic heterocycles. The van der Waals surface area contributed by atoms with E-state index in [1.54, 1.807) is 0 Å². The van der Waals surface area contributed by atoms with Crippen molar-refractivity contribution in [1.29, 1.82) is 0 Å². The van der Waals surface area contributed by atoms with Crippen LogP contribution in [-0.2, 0) is 6.42 Å². The van der Waals surface area contributed by atoms with E-state index >= 15 is 0 Å². The Morgan fingerprint density at radius 3 is 2.43 bits per heavy atom. The van der Waals surface area contributed by atoms with Gasteiger partial charge in [-0.15, -0.1) is 0 Å². The largest absolute Gasteiger partial charge is 0.333 e. The molecule has 3 nitrogen and oxygen atoms in total. The maximum atomic E-state index is 12.1. The fourth-order valence-electron chi connectivity index (χ4n) is 2.34. The molecule has 0 radical (unpaired) electrons. The first-order valence-corrected chi connectivity index (χ1v) is 7.14. The van der Waals surface area contributed by atoms with Crippen LogP contribution < -0.4 is 10.6 Å². The molecule has 0 saturated heterocycles. The first kappa shape index (κ1) is 15.1. The van der Waals surface area contributed by atoms with E-state index in [0.717, 1.165) is 17.7 Å². The lowest BCUT2D eigenvalue weighted by atomic mass is 9.95. The van der Waals surface area contributed by atoms with Crippen LogP contribution in [-0.4, -0.2) is 11.6 Å². The van der Waals surface area contributed by atoms with Crippen LogP contribution in [0.4, 0.5) is 10.5 Å². The standard InChI is InChI=1S/C18H22N2O/c1-14-8-7-11-16(12-14)19-17(21)20-18(2,3)13-15-9-5-4-6-10-15/h4-12H,13H2,1-3H3,(H2,19,20,21). The van der Waals surface area contributed by atoms with Crippen LogP contribution in [0.3, 0.4) is 0 Å². The molecular formula is C18H22N2O. The van der Waals surface area contributed by atoms with Crippen molar-refractivity contribution in [2.75, 3.05) is 5.32 Å². The smallest absolute Gasteiger partial charge is 0.319 e. The summed E-state index contributed by atoms with van der Waals surface area (Å²) in [7, 11) is 0. The van der Waals surface area contributed by atoms with Gasteiger partial charge in [0, 0.05) is 11.2 Å². The van der Waals surface area contributed by atoms with Crippen LogP contribution in [0.25, 0.3) is 0 Å². The van der Waals surface area contributed by atoms with E-state index in [0.29, 0.717) is 0 Å². The summed E-state index contributed by atoms with van der Waals surface area (Å²) in [6.07, 6.45) is 0.787. The van der Waals surface area contributed by atoms with Gasteiger partial charge >= 0.3 is 6.03 Å². The van der Waals surface area contributed by atoms with E-state index in [1.807, 2.05) is 63.2 Å². The minimum atomic E-state index is -0.310. The summed E-state index contributed by atoms with van der Waals surface area (Å²) in [6.45, 7) is 6.05. The van der Waals surface area contributed by atoms with Gasteiger partial charge in [0.1, 0.15) is 0 Å². The quantitative estimate of drug-likeness (QED) is 0.869. The van der Waals surface area contributed by atoms with Crippen molar-refractivity contribution >= 4 is 11.7 Å². The third-order valence-electron chi connectivity index (χ3n) is 3.22. The Morgan fingerprint density at radius 2 is 1.76 bits per heavy atom. The number of benzene rings is 2. The number of carbonyl (C=O) groups excluding carboxylic acids is 1. The van der Waals surface area contributed by atoms with Crippen LogP contribution in [0, 0.1) is 6.92 Å². The molecular weight excluding hydrogens is 260 g/mol. The van der Waals surface area contributed by atoms with Gasteiger partial charge in [0.2, 0.25) is 0 Å². The molecule has 0 atom stereocenters. The third-order valence-corrected chi connectivity index (χ3v) is 3.22. The third kappa shape index (κ3) is 4.95. The van der Waals surface area contributed by atoms with Gasteiger partial charge in [-0.2, -0.15) is 0 Å². The van der Waals surface area contributed by atoms with E-state index in [9.17, 15) is 4.79 Å². The summed E-state index contributed by atoms with van der Waals surface area (Å²) in [6, 6.07) is 17.7. The van der Waals surface area contributed by atoms with Crippen LogP contribution in [0.1, 0.15) is 25.0 Å². The molecule has 3 heteroatoms. The van der Waals surface area contributed by atoms with Crippen molar-refractivity contribution < 1.29 is 4.79 Å². The van der Waals surface area contributed by atoms with Crippen molar-refractivity contribution in [2.45, 2.75) is 32.7 Å². The Balaban J connectivity index is 1.95. The van der Waals surface area contributed by atoms with Gasteiger partial charge in [-0.05, 0) is 50.5 Å². The average molecular weight is 282 g/mol. The molecule has 110 valence electrons. The fourth-order valence-corrected chi connectivity index (χ4v) is 2.34.